The number of aliphatic hydroxyl groups is 2. The van der Waals surface area contributed by atoms with E-state index in [0.717, 1.165) is 0 Å². The minimum atomic E-state index is -4.73. The second-order valence-electron chi connectivity index (χ2n) is 6.60. The molecule has 0 unspecified atom stereocenters. The molecule has 2 heterocycles. The normalized spacial score (nSPS) is 32.5. The van der Waals surface area contributed by atoms with Crippen LogP contribution < -0.4 is 5.32 Å². The lowest BCUT2D eigenvalue weighted by Crippen LogP contribution is -2.44. The first-order valence-electron chi connectivity index (χ1n) is 8.01. The molecule has 2 aromatic rings. The van der Waals surface area contributed by atoms with E-state index in [2.05, 4.69) is 24.8 Å². The van der Waals surface area contributed by atoms with Gasteiger partial charge in [-0.15, -0.1) is 0 Å². The number of halogens is 1. The van der Waals surface area contributed by atoms with Crippen molar-refractivity contribution in [1.29, 1.82) is 0 Å². The maximum absolute atomic E-state index is 11.1. The van der Waals surface area contributed by atoms with E-state index in [1.165, 1.54) is 6.33 Å². The Morgan fingerprint density at radius 2 is 2.15 bits per heavy atom. The number of allylic oxidation sites excluding steroid dienone is 1. The Bertz CT molecular complexity index is 978. The number of aromatic nitrogens is 4. The first-order valence-corrected chi connectivity index (χ1v) is 9.92. The summed E-state index contributed by atoms with van der Waals surface area (Å²) in [6, 6.07) is -0.675. The van der Waals surface area contributed by atoms with E-state index in [0.29, 0.717) is 17.0 Å². The Labute approximate surface area is 157 Å². The summed E-state index contributed by atoms with van der Waals surface area (Å²) < 4.78 is 17.3. The molecule has 0 bridgehead atoms. The standard InChI is InChI=1S/C14H17ClN5O6P/c1-16-11-7-12(19-13(15)18-11)20(5-17-7)8-6-2-3-14(6,10(22)9(8)21)4-26-27(23,24)25/h2-3,5-6,8-10,21-22H,4H2,1H3,(H,16,18,19)(H2,23,24,25)/t6-,8-,9+,10+,14+/m1/s1. The molecule has 0 amide bonds. The highest BCUT2D eigenvalue weighted by atomic mass is 35.5. The summed E-state index contributed by atoms with van der Waals surface area (Å²) in [5, 5.41) is 24.1. The van der Waals surface area contributed by atoms with E-state index >= 15 is 0 Å². The van der Waals surface area contributed by atoms with Crippen LogP contribution in [0, 0.1) is 11.3 Å². The third-order valence-corrected chi connectivity index (χ3v) is 5.90. The molecule has 2 aromatic heterocycles. The van der Waals surface area contributed by atoms with Gasteiger partial charge in [-0.2, -0.15) is 9.97 Å². The van der Waals surface area contributed by atoms with Crippen LogP contribution in [0.1, 0.15) is 6.04 Å². The Balaban J connectivity index is 1.76. The van der Waals surface area contributed by atoms with Crippen LogP contribution in [0.2, 0.25) is 5.28 Å². The molecular weight excluding hydrogens is 401 g/mol. The van der Waals surface area contributed by atoms with Gasteiger partial charge in [0.25, 0.3) is 0 Å². The van der Waals surface area contributed by atoms with E-state index < -0.39 is 44.0 Å². The fourth-order valence-electron chi connectivity index (χ4n) is 3.94. The predicted molar refractivity (Wildman–Crippen MR) is 94.0 cm³/mol. The molecule has 27 heavy (non-hydrogen) atoms. The first kappa shape index (κ1) is 18.8. The molecule has 1 fully saturated rings. The number of phosphoric ester groups is 1. The molecule has 1 saturated carbocycles. The topological polar surface area (TPSA) is 163 Å². The van der Waals surface area contributed by atoms with Crippen LogP contribution in [0.3, 0.4) is 0 Å². The van der Waals surface area contributed by atoms with Gasteiger partial charge >= 0.3 is 7.82 Å². The Hall–Kier alpha value is -1.59. The average molecular weight is 418 g/mol. The van der Waals surface area contributed by atoms with Gasteiger partial charge in [-0.1, -0.05) is 12.2 Å². The quantitative estimate of drug-likeness (QED) is 0.256. The van der Waals surface area contributed by atoms with E-state index in [9.17, 15) is 14.8 Å². The van der Waals surface area contributed by atoms with E-state index in [-0.39, 0.29) is 5.28 Å². The molecule has 146 valence electrons. The maximum Gasteiger partial charge on any atom is 0.469 e. The Morgan fingerprint density at radius 3 is 2.74 bits per heavy atom. The van der Waals surface area contributed by atoms with Crippen molar-refractivity contribution >= 4 is 36.4 Å². The van der Waals surface area contributed by atoms with Gasteiger partial charge in [0.1, 0.15) is 6.10 Å². The summed E-state index contributed by atoms with van der Waals surface area (Å²) in [5.74, 6) is -0.0322. The minimum absolute atomic E-state index is 0.0121. The van der Waals surface area contributed by atoms with Crippen molar-refractivity contribution in [2.75, 3.05) is 19.0 Å². The number of phosphoric acid groups is 1. The van der Waals surface area contributed by atoms with Gasteiger partial charge in [0, 0.05) is 18.4 Å². The van der Waals surface area contributed by atoms with Crippen molar-refractivity contribution in [1.82, 2.24) is 19.5 Å². The summed E-state index contributed by atoms with van der Waals surface area (Å²) in [4.78, 5) is 30.5. The number of nitrogens with zero attached hydrogens (tertiary/aromatic N) is 4. The number of nitrogens with one attached hydrogen (secondary N) is 1. The third-order valence-electron chi connectivity index (χ3n) is 5.26. The number of hydrogen-bond donors (Lipinski definition) is 5. The number of hydrogen-bond acceptors (Lipinski definition) is 8. The van der Waals surface area contributed by atoms with Crippen LogP contribution in [0.25, 0.3) is 11.2 Å². The maximum atomic E-state index is 11.1. The number of rotatable bonds is 5. The van der Waals surface area contributed by atoms with Crippen LogP contribution in [-0.2, 0) is 9.09 Å². The molecule has 13 heteroatoms. The zero-order chi connectivity index (χ0) is 19.6. The summed E-state index contributed by atoms with van der Waals surface area (Å²) in [5.41, 5.74) is -0.316. The van der Waals surface area contributed by atoms with E-state index in [1.54, 1.807) is 23.8 Å². The molecule has 5 N–H and O–H groups in total. The van der Waals surface area contributed by atoms with Crippen molar-refractivity contribution in [3.8, 4) is 0 Å². The summed E-state index contributed by atoms with van der Waals surface area (Å²) in [6.45, 7) is -0.433. The van der Waals surface area contributed by atoms with Gasteiger partial charge in [0.2, 0.25) is 5.28 Å². The van der Waals surface area contributed by atoms with Gasteiger partial charge in [0.05, 0.1) is 25.1 Å². The fourth-order valence-corrected chi connectivity index (χ4v) is 4.50. The molecule has 2 aliphatic carbocycles. The van der Waals surface area contributed by atoms with E-state index in [1.807, 2.05) is 0 Å². The minimum Gasteiger partial charge on any atom is -0.389 e. The number of aliphatic hydroxyl groups excluding tert-OH is 2. The van der Waals surface area contributed by atoms with Crippen molar-refractivity contribution in [3.63, 3.8) is 0 Å². The van der Waals surface area contributed by atoms with Crippen molar-refractivity contribution in [2.45, 2.75) is 18.2 Å². The number of anilines is 1. The summed E-state index contributed by atoms with van der Waals surface area (Å²) in [6.07, 6.45) is 2.28. The highest BCUT2D eigenvalue weighted by molar-refractivity contribution is 7.46. The van der Waals surface area contributed by atoms with Crippen LogP contribution in [0.15, 0.2) is 18.5 Å². The molecular formula is C14H17ClN5O6P. The van der Waals surface area contributed by atoms with Crippen LogP contribution >= 0.6 is 19.4 Å². The first-order chi connectivity index (χ1) is 12.7. The molecule has 11 nitrogen and oxygen atoms in total. The zero-order valence-corrected chi connectivity index (χ0v) is 15.6. The third kappa shape index (κ3) is 2.78. The lowest BCUT2D eigenvalue weighted by atomic mass is 9.68. The highest BCUT2D eigenvalue weighted by Gasteiger charge is 2.63. The molecule has 0 radical (unpaired) electrons. The SMILES string of the molecule is CNc1nc(Cl)nc2c1ncn2[C@H]1[C@H](O)[C@H](O)[C@]2(COP(=O)(O)O)C=C[C@H]12. The van der Waals surface area contributed by atoms with Crippen molar-refractivity contribution < 1.29 is 29.1 Å². The molecule has 0 saturated heterocycles. The Kier molecular flexibility index (Phi) is 4.32. The molecule has 0 spiro atoms. The molecule has 4 rings (SSSR count). The monoisotopic (exact) mass is 417 g/mol. The second-order valence-corrected chi connectivity index (χ2v) is 8.18. The van der Waals surface area contributed by atoms with E-state index in [4.69, 9.17) is 21.4 Å². The zero-order valence-electron chi connectivity index (χ0n) is 14.0. The van der Waals surface area contributed by atoms with Gasteiger partial charge in [0.15, 0.2) is 17.0 Å². The van der Waals surface area contributed by atoms with Gasteiger partial charge < -0.3 is 29.9 Å². The second kappa shape index (κ2) is 6.21. The largest absolute Gasteiger partial charge is 0.469 e. The Morgan fingerprint density at radius 1 is 1.41 bits per heavy atom. The molecule has 2 aliphatic rings. The van der Waals surface area contributed by atoms with Crippen molar-refractivity contribution in [3.05, 3.63) is 23.8 Å². The number of fused-ring (bicyclic) bond motifs is 2. The predicted octanol–water partition coefficient (Wildman–Crippen LogP) is 0.0796. The highest BCUT2D eigenvalue weighted by Crippen LogP contribution is 2.58. The van der Waals surface area contributed by atoms with Gasteiger partial charge in [-0.3, -0.25) is 4.52 Å². The summed E-state index contributed by atoms with van der Waals surface area (Å²) >= 11 is 5.97. The van der Waals surface area contributed by atoms with Crippen LogP contribution in [0.4, 0.5) is 5.82 Å². The van der Waals surface area contributed by atoms with Crippen LogP contribution in [0.5, 0.6) is 0 Å². The lowest BCUT2D eigenvalue weighted by molar-refractivity contribution is -0.0361. The van der Waals surface area contributed by atoms with Crippen molar-refractivity contribution in [2.24, 2.45) is 11.3 Å². The average Bonchev–Trinajstić information content (AvgIpc) is 3.04. The summed E-state index contributed by atoms with van der Waals surface area (Å²) in [7, 11) is -3.07. The van der Waals surface area contributed by atoms with Gasteiger partial charge in [-0.05, 0) is 11.6 Å². The molecule has 5 atom stereocenters. The van der Waals surface area contributed by atoms with Gasteiger partial charge in [-0.25, -0.2) is 9.55 Å². The fraction of sp³-hybridized carbons (Fsp3) is 0.500. The molecule has 0 aliphatic heterocycles. The lowest BCUT2D eigenvalue weighted by Gasteiger charge is -2.41. The molecule has 0 aromatic carbocycles. The smallest absolute Gasteiger partial charge is 0.389 e. The number of imidazole rings is 1. The van der Waals surface area contributed by atoms with Crippen LogP contribution in [-0.4, -0.2) is 65.4 Å².